The van der Waals surface area contributed by atoms with E-state index in [1.54, 1.807) is 0 Å². The van der Waals surface area contributed by atoms with Crippen LogP contribution in [0.4, 0.5) is 0 Å². The smallest absolute Gasteiger partial charge is 0.123 e. The van der Waals surface area contributed by atoms with E-state index in [2.05, 4.69) is 25.1 Å². The number of hydrogen-bond acceptors (Lipinski definition) is 2. The average Bonchev–Trinajstić information content (AvgIpc) is 2.30. The van der Waals surface area contributed by atoms with Crippen molar-refractivity contribution in [2.75, 3.05) is 13.2 Å². The van der Waals surface area contributed by atoms with E-state index >= 15 is 0 Å². The van der Waals surface area contributed by atoms with Crippen LogP contribution in [0.5, 0.6) is 5.75 Å². The van der Waals surface area contributed by atoms with Gasteiger partial charge in [-0.2, -0.15) is 0 Å². The minimum Gasteiger partial charge on any atom is -0.493 e. The predicted octanol–water partition coefficient (Wildman–Crippen LogP) is 2.47. The van der Waals surface area contributed by atoms with Gasteiger partial charge in [0.15, 0.2) is 0 Å². The summed E-state index contributed by atoms with van der Waals surface area (Å²) in [6.45, 7) is 3.74. The molecule has 2 nitrogen and oxygen atoms in total. The van der Waals surface area contributed by atoms with Crippen LogP contribution in [0.1, 0.15) is 31.7 Å². The van der Waals surface area contributed by atoms with Gasteiger partial charge in [0, 0.05) is 17.5 Å². The lowest BCUT2D eigenvalue weighted by molar-refractivity contribution is 0.207. The fraction of sp³-hybridized carbons (Fsp3) is 0.538. The van der Waals surface area contributed by atoms with Crippen LogP contribution in [0.15, 0.2) is 24.3 Å². The molecule has 1 aromatic rings. The molecule has 2 N–H and O–H groups in total. The van der Waals surface area contributed by atoms with Crippen molar-refractivity contribution < 1.29 is 4.74 Å². The van der Waals surface area contributed by atoms with Gasteiger partial charge >= 0.3 is 0 Å². The molecule has 1 aromatic carbocycles. The van der Waals surface area contributed by atoms with Gasteiger partial charge in [0.05, 0.1) is 6.61 Å². The average molecular weight is 205 g/mol. The van der Waals surface area contributed by atoms with Crippen LogP contribution in [-0.2, 0) is 5.41 Å². The number of para-hydroxylation sites is 1. The predicted molar refractivity (Wildman–Crippen MR) is 62.2 cm³/mol. The van der Waals surface area contributed by atoms with Crippen molar-refractivity contribution in [3.05, 3.63) is 29.8 Å². The maximum Gasteiger partial charge on any atom is 0.123 e. The first-order valence-corrected chi connectivity index (χ1v) is 5.75. The Bertz CT molecular complexity index is 337. The third-order valence-electron chi connectivity index (χ3n) is 3.42. The van der Waals surface area contributed by atoms with Crippen LogP contribution in [-0.4, -0.2) is 13.2 Å². The quantitative estimate of drug-likeness (QED) is 0.822. The van der Waals surface area contributed by atoms with E-state index in [-0.39, 0.29) is 5.41 Å². The van der Waals surface area contributed by atoms with Gasteiger partial charge in [-0.3, -0.25) is 0 Å². The summed E-state index contributed by atoms with van der Waals surface area (Å²) in [6, 6.07) is 8.32. The summed E-state index contributed by atoms with van der Waals surface area (Å²) in [5, 5.41) is 0. The molecule has 2 rings (SSSR count). The number of nitrogens with two attached hydrogens (primary N) is 1. The Morgan fingerprint density at radius 3 is 2.93 bits per heavy atom. The topological polar surface area (TPSA) is 35.2 Å². The summed E-state index contributed by atoms with van der Waals surface area (Å²) < 4.78 is 5.67. The second-order valence-corrected chi connectivity index (χ2v) is 4.33. The summed E-state index contributed by atoms with van der Waals surface area (Å²) in [7, 11) is 0. The highest BCUT2D eigenvalue weighted by Crippen LogP contribution is 2.41. The van der Waals surface area contributed by atoms with Crippen molar-refractivity contribution in [1.82, 2.24) is 0 Å². The molecule has 0 saturated carbocycles. The minimum atomic E-state index is 0.156. The van der Waals surface area contributed by atoms with Crippen LogP contribution in [0.25, 0.3) is 0 Å². The van der Waals surface area contributed by atoms with Gasteiger partial charge in [0.2, 0.25) is 0 Å². The van der Waals surface area contributed by atoms with Crippen LogP contribution in [0, 0.1) is 0 Å². The number of hydrogen-bond donors (Lipinski definition) is 1. The number of benzene rings is 1. The second-order valence-electron chi connectivity index (χ2n) is 4.33. The molecule has 0 amide bonds. The maximum absolute atomic E-state index is 5.98. The van der Waals surface area contributed by atoms with Crippen molar-refractivity contribution in [3.63, 3.8) is 0 Å². The van der Waals surface area contributed by atoms with Gasteiger partial charge in [-0.25, -0.2) is 0 Å². The Kier molecular flexibility index (Phi) is 2.96. The molecule has 0 aromatic heterocycles. The fourth-order valence-electron chi connectivity index (χ4n) is 2.57. The normalized spacial score (nSPS) is 24.4. The monoisotopic (exact) mass is 205 g/mol. The summed E-state index contributed by atoms with van der Waals surface area (Å²) in [6.07, 6.45) is 3.38. The molecule has 2 heteroatoms. The zero-order chi connectivity index (χ0) is 10.7. The SMILES string of the molecule is CCCC1(CN)CCOc2ccccc21. The Morgan fingerprint density at radius 1 is 1.40 bits per heavy atom. The van der Waals surface area contributed by atoms with E-state index in [0.29, 0.717) is 0 Å². The highest BCUT2D eigenvalue weighted by atomic mass is 16.5. The Morgan fingerprint density at radius 2 is 2.20 bits per heavy atom. The standard InChI is InChI=1S/C13H19NO/c1-2-7-13(10-14)8-9-15-12-6-4-3-5-11(12)13/h3-6H,2,7-10,14H2,1H3. The minimum absolute atomic E-state index is 0.156. The molecular formula is C13H19NO. The van der Waals surface area contributed by atoms with Gasteiger partial charge in [-0.05, 0) is 18.9 Å². The van der Waals surface area contributed by atoms with Gasteiger partial charge in [0.1, 0.15) is 5.75 Å². The molecule has 1 aliphatic rings. The van der Waals surface area contributed by atoms with Gasteiger partial charge < -0.3 is 10.5 Å². The van der Waals surface area contributed by atoms with Crippen LogP contribution in [0.3, 0.4) is 0 Å². The van der Waals surface area contributed by atoms with E-state index in [4.69, 9.17) is 10.5 Å². The fourth-order valence-corrected chi connectivity index (χ4v) is 2.57. The molecule has 82 valence electrons. The Balaban J connectivity index is 2.42. The molecule has 15 heavy (non-hydrogen) atoms. The van der Waals surface area contributed by atoms with Crippen molar-refractivity contribution in [1.29, 1.82) is 0 Å². The van der Waals surface area contributed by atoms with Crippen molar-refractivity contribution in [2.45, 2.75) is 31.6 Å². The Hall–Kier alpha value is -1.02. The highest BCUT2D eigenvalue weighted by Gasteiger charge is 2.35. The molecule has 0 spiro atoms. The third-order valence-corrected chi connectivity index (χ3v) is 3.42. The molecule has 1 aliphatic heterocycles. The molecule has 0 saturated heterocycles. The van der Waals surface area contributed by atoms with Gasteiger partial charge in [-0.1, -0.05) is 31.5 Å². The maximum atomic E-state index is 5.98. The molecule has 1 atom stereocenters. The van der Waals surface area contributed by atoms with Crippen LogP contribution < -0.4 is 10.5 Å². The van der Waals surface area contributed by atoms with E-state index in [1.807, 2.05) is 6.07 Å². The Labute approximate surface area is 91.4 Å². The van der Waals surface area contributed by atoms with Crippen LogP contribution >= 0.6 is 0 Å². The van der Waals surface area contributed by atoms with Gasteiger partial charge in [-0.15, -0.1) is 0 Å². The third kappa shape index (κ3) is 1.74. The van der Waals surface area contributed by atoms with E-state index in [9.17, 15) is 0 Å². The zero-order valence-corrected chi connectivity index (χ0v) is 9.33. The lowest BCUT2D eigenvalue weighted by Gasteiger charge is -2.38. The lowest BCUT2D eigenvalue weighted by atomic mass is 9.73. The number of fused-ring (bicyclic) bond motifs is 1. The largest absolute Gasteiger partial charge is 0.493 e. The van der Waals surface area contributed by atoms with E-state index < -0.39 is 0 Å². The van der Waals surface area contributed by atoms with Gasteiger partial charge in [0.25, 0.3) is 0 Å². The first kappa shape index (κ1) is 10.5. The van der Waals surface area contributed by atoms with Crippen LogP contribution in [0.2, 0.25) is 0 Å². The highest BCUT2D eigenvalue weighted by molar-refractivity contribution is 5.41. The van der Waals surface area contributed by atoms with Crippen molar-refractivity contribution in [2.24, 2.45) is 5.73 Å². The number of ether oxygens (including phenoxy) is 1. The lowest BCUT2D eigenvalue weighted by Crippen LogP contribution is -2.39. The summed E-state index contributed by atoms with van der Waals surface area (Å²) in [5.41, 5.74) is 7.45. The summed E-state index contributed by atoms with van der Waals surface area (Å²) in [4.78, 5) is 0. The molecular weight excluding hydrogens is 186 g/mol. The van der Waals surface area contributed by atoms with Crippen molar-refractivity contribution >= 4 is 0 Å². The zero-order valence-electron chi connectivity index (χ0n) is 9.33. The molecule has 0 radical (unpaired) electrons. The molecule has 0 fully saturated rings. The summed E-state index contributed by atoms with van der Waals surface area (Å²) >= 11 is 0. The summed E-state index contributed by atoms with van der Waals surface area (Å²) in [5.74, 6) is 1.03. The first-order chi connectivity index (χ1) is 7.32. The molecule has 1 unspecified atom stereocenters. The van der Waals surface area contributed by atoms with E-state index in [0.717, 1.165) is 31.7 Å². The van der Waals surface area contributed by atoms with Crippen molar-refractivity contribution in [3.8, 4) is 5.75 Å². The molecule has 0 bridgehead atoms. The molecule has 0 aliphatic carbocycles. The number of rotatable bonds is 3. The molecule has 1 heterocycles. The first-order valence-electron chi connectivity index (χ1n) is 5.75. The van der Waals surface area contributed by atoms with E-state index in [1.165, 1.54) is 12.0 Å². The second kappa shape index (κ2) is 4.23.